The molecule has 1 saturated heterocycles. The van der Waals surface area contributed by atoms with E-state index in [1.165, 1.54) is 23.3 Å². The quantitative estimate of drug-likeness (QED) is 0.640. The highest BCUT2D eigenvalue weighted by atomic mass is 19.1. The second kappa shape index (κ2) is 11.8. The van der Waals surface area contributed by atoms with Gasteiger partial charge in [0.15, 0.2) is 0 Å². The van der Waals surface area contributed by atoms with E-state index >= 15 is 0 Å². The van der Waals surface area contributed by atoms with Crippen LogP contribution in [0.15, 0.2) is 48.5 Å². The maximum absolute atomic E-state index is 13.2. The largest absolute Gasteiger partial charge is 0.353 e. The fourth-order valence-electron chi connectivity index (χ4n) is 4.06. The van der Waals surface area contributed by atoms with Crippen LogP contribution in [0.25, 0.3) is 0 Å². The summed E-state index contributed by atoms with van der Waals surface area (Å²) in [7, 11) is 0. The van der Waals surface area contributed by atoms with Crippen molar-refractivity contribution in [2.45, 2.75) is 52.0 Å². The first-order valence-corrected chi connectivity index (χ1v) is 11.6. The van der Waals surface area contributed by atoms with Crippen molar-refractivity contribution in [3.63, 3.8) is 0 Å². The molecule has 5 nitrogen and oxygen atoms in total. The van der Waals surface area contributed by atoms with Gasteiger partial charge < -0.3 is 15.1 Å². The molecule has 6 heteroatoms. The summed E-state index contributed by atoms with van der Waals surface area (Å²) in [5, 5.41) is 3.18. The number of aryl methyl sites for hydroxylation is 2. The van der Waals surface area contributed by atoms with E-state index in [0.717, 1.165) is 44.6 Å². The van der Waals surface area contributed by atoms with Gasteiger partial charge in [-0.05, 0) is 56.0 Å². The van der Waals surface area contributed by atoms with Gasteiger partial charge in [0, 0.05) is 50.7 Å². The number of rotatable bonds is 9. The molecule has 0 bridgehead atoms. The van der Waals surface area contributed by atoms with Crippen molar-refractivity contribution < 1.29 is 14.0 Å². The number of likely N-dealkylation sites (tertiary alicyclic amines) is 1. The van der Waals surface area contributed by atoms with Gasteiger partial charge in [-0.25, -0.2) is 4.39 Å². The van der Waals surface area contributed by atoms with Crippen LogP contribution < -0.4 is 10.2 Å². The average Bonchev–Trinajstić information content (AvgIpc) is 2.80. The Hall–Kier alpha value is -2.73. The molecule has 0 unspecified atom stereocenters. The molecule has 3 rings (SSSR count). The van der Waals surface area contributed by atoms with E-state index in [-0.39, 0.29) is 23.7 Å². The number of hydrogen-bond acceptors (Lipinski definition) is 3. The molecule has 1 heterocycles. The highest BCUT2D eigenvalue weighted by Gasteiger charge is 2.22. The molecule has 1 aliphatic rings. The lowest BCUT2D eigenvalue weighted by Crippen LogP contribution is -2.47. The zero-order chi connectivity index (χ0) is 22.9. The van der Waals surface area contributed by atoms with Crippen LogP contribution in [0, 0.1) is 12.7 Å². The van der Waals surface area contributed by atoms with Crippen LogP contribution >= 0.6 is 0 Å². The number of carbonyl (C=O) groups is 2. The van der Waals surface area contributed by atoms with E-state index in [4.69, 9.17) is 0 Å². The summed E-state index contributed by atoms with van der Waals surface area (Å²) in [6, 6.07) is 14.6. The van der Waals surface area contributed by atoms with Crippen molar-refractivity contribution in [3.8, 4) is 0 Å². The van der Waals surface area contributed by atoms with Crippen molar-refractivity contribution in [1.82, 2.24) is 10.2 Å². The molecule has 1 aliphatic heterocycles. The van der Waals surface area contributed by atoms with Gasteiger partial charge in [0.05, 0.1) is 0 Å². The Balaban J connectivity index is 1.40. The van der Waals surface area contributed by atoms with Crippen LogP contribution in [0.3, 0.4) is 0 Å². The Bertz CT molecular complexity index is 875. The molecule has 1 N–H and O–H groups in total. The van der Waals surface area contributed by atoms with Crippen LogP contribution in [-0.2, 0) is 16.0 Å². The highest BCUT2D eigenvalue weighted by molar-refractivity contribution is 5.93. The van der Waals surface area contributed by atoms with Gasteiger partial charge in [-0.1, -0.05) is 36.8 Å². The Morgan fingerprint density at radius 3 is 2.34 bits per heavy atom. The Morgan fingerprint density at radius 1 is 1.06 bits per heavy atom. The van der Waals surface area contributed by atoms with Gasteiger partial charge in [0.2, 0.25) is 11.8 Å². The number of nitrogens with zero attached hydrogens (tertiary/aromatic N) is 2. The SMILES string of the molecule is CCC(=O)N(CCN1CCC(NC(=O)CCc2ccc(C)cc2)CC1)c1ccc(F)cc1. The van der Waals surface area contributed by atoms with Gasteiger partial charge in [-0.15, -0.1) is 0 Å². The highest BCUT2D eigenvalue weighted by Crippen LogP contribution is 2.17. The second-order valence-electron chi connectivity index (χ2n) is 8.54. The fraction of sp³-hybridized carbons (Fsp3) is 0.462. The van der Waals surface area contributed by atoms with Crippen molar-refractivity contribution in [2.75, 3.05) is 31.1 Å². The molecule has 1 fully saturated rings. The van der Waals surface area contributed by atoms with Crippen molar-refractivity contribution in [2.24, 2.45) is 0 Å². The number of piperidine rings is 1. The predicted octanol–water partition coefficient (Wildman–Crippen LogP) is 4.09. The summed E-state index contributed by atoms with van der Waals surface area (Å²) in [4.78, 5) is 28.8. The molecule has 0 spiro atoms. The molecule has 0 saturated carbocycles. The molecule has 32 heavy (non-hydrogen) atoms. The van der Waals surface area contributed by atoms with Crippen molar-refractivity contribution in [3.05, 3.63) is 65.5 Å². The summed E-state index contributed by atoms with van der Waals surface area (Å²) >= 11 is 0. The summed E-state index contributed by atoms with van der Waals surface area (Å²) in [6.45, 7) is 7.01. The summed E-state index contributed by atoms with van der Waals surface area (Å²) in [5.74, 6) is -0.159. The molecule has 0 atom stereocenters. The summed E-state index contributed by atoms with van der Waals surface area (Å²) in [6.07, 6.45) is 3.50. The molecular formula is C26H34FN3O2. The zero-order valence-electron chi connectivity index (χ0n) is 19.1. The van der Waals surface area contributed by atoms with Gasteiger partial charge in [0.1, 0.15) is 5.82 Å². The third kappa shape index (κ3) is 7.16. The number of halogens is 1. The maximum Gasteiger partial charge on any atom is 0.226 e. The average molecular weight is 440 g/mol. The lowest BCUT2D eigenvalue weighted by atomic mass is 10.0. The Morgan fingerprint density at radius 2 is 1.72 bits per heavy atom. The van der Waals surface area contributed by atoms with Crippen LogP contribution in [0.2, 0.25) is 0 Å². The molecule has 0 aromatic heterocycles. The van der Waals surface area contributed by atoms with Crippen LogP contribution in [0.1, 0.15) is 43.7 Å². The van der Waals surface area contributed by atoms with Crippen LogP contribution in [0.5, 0.6) is 0 Å². The number of anilines is 1. The molecule has 0 aliphatic carbocycles. The predicted molar refractivity (Wildman–Crippen MR) is 126 cm³/mol. The smallest absolute Gasteiger partial charge is 0.226 e. The lowest BCUT2D eigenvalue weighted by molar-refractivity contribution is -0.122. The van der Waals surface area contributed by atoms with Crippen molar-refractivity contribution in [1.29, 1.82) is 0 Å². The minimum absolute atomic E-state index is 0.0346. The molecule has 2 aromatic rings. The number of carbonyl (C=O) groups excluding carboxylic acids is 2. The molecule has 2 amide bonds. The van der Waals surface area contributed by atoms with Gasteiger partial charge in [0.25, 0.3) is 0 Å². The maximum atomic E-state index is 13.2. The minimum atomic E-state index is -0.305. The van der Waals surface area contributed by atoms with Crippen LogP contribution in [-0.4, -0.2) is 48.9 Å². The van der Waals surface area contributed by atoms with Gasteiger partial charge in [-0.2, -0.15) is 0 Å². The molecule has 172 valence electrons. The summed E-state index contributed by atoms with van der Waals surface area (Å²) < 4.78 is 13.2. The van der Waals surface area contributed by atoms with E-state index in [2.05, 4.69) is 41.4 Å². The van der Waals surface area contributed by atoms with E-state index < -0.39 is 0 Å². The Kier molecular flexibility index (Phi) is 8.80. The minimum Gasteiger partial charge on any atom is -0.353 e. The van der Waals surface area contributed by atoms with E-state index in [9.17, 15) is 14.0 Å². The monoisotopic (exact) mass is 439 g/mol. The fourth-order valence-corrected chi connectivity index (χ4v) is 4.06. The molecular weight excluding hydrogens is 405 g/mol. The first kappa shape index (κ1) is 23.9. The topological polar surface area (TPSA) is 52.7 Å². The molecule has 2 aromatic carbocycles. The number of benzene rings is 2. The zero-order valence-corrected chi connectivity index (χ0v) is 19.1. The third-order valence-corrected chi connectivity index (χ3v) is 6.10. The number of hydrogen-bond donors (Lipinski definition) is 1. The van der Waals surface area contributed by atoms with Crippen LogP contribution in [0.4, 0.5) is 10.1 Å². The van der Waals surface area contributed by atoms with Gasteiger partial charge in [-0.3, -0.25) is 9.59 Å². The standard InChI is InChI=1S/C26H34FN3O2/c1-3-26(32)30(24-11-9-22(27)10-12-24)19-18-29-16-14-23(15-17-29)28-25(31)13-8-21-6-4-20(2)5-7-21/h4-7,9-12,23H,3,8,13-19H2,1-2H3,(H,28,31). The van der Waals surface area contributed by atoms with Crippen molar-refractivity contribution >= 4 is 17.5 Å². The normalized spacial score (nSPS) is 14.8. The third-order valence-electron chi connectivity index (χ3n) is 6.10. The first-order chi connectivity index (χ1) is 15.4. The number of amides is 2. The lowest BCUT2D eigenvalue weighted by Gasteiger charge is -2.34. The first-order valence-electron chi connectivity index (χ1n) is 11.6. The Labute approximate surface area is 190 Å². The molecule has 0 radical (unpaired) electrons. The van der Waals surface area contributed by atoms with E-state index in [1.807, 2.05) is 6.92 Å². The number of nitrogens with one attached hydrogen (secondary N) is 1. The summed E-state index contributed by atoms with van der Waals surface area (Å²) in [5.41, 5.74) is 3.15. The van der Waals surface area contributed by atoms with E-state index in [1.54, 1.807) is 17.0 Å². The second-order valence-corrected chi connectivity index (χ2v) is 8.54. The van der Waals surface area contributed by atoms with Gasteiger partial charge >= 0.3 is 0 Å². The van der Waals surface area contributed by atoms with E-state index in [0.29, 0.717) is 19.4 Å².